The normalized spacial score (nSPS) is 13.2. The maximum Gasteiger partial charge on any atom is 0.135 e. The minimum absolute atomic E-state index is 0.415. The number of anilines is 3. The lowest BCUT2D eigenvalue weighted by molar-refractivity contribution is 0.985. The number of hydrogen-bond donors (Lipinski definition) is 3. The second-order valence-electron chi connectivity index (χ2n) is 4.64. The fraction of sp³-hybridized carbons (Fsp3) is 0.143. The summed E-state index contributed by atoms with van der Waals surface area (Å²) < 4.78 is 0. The third-order valence-corrected chi connectivity index (χ3v) is 4.44. The zero-order chi connectivity index (χ0) is 14.3. The Kier molecular flexibility index (Phi) is 3.02. The smallest absolute Gasteiger partial charge is 0.135 e. The molecule has 0 saturated heterocycles. The van der Waals surface area contributed by atoms with Crippen molar-refractivity contribution in [2.75, 3.05) is 24.2 Å². The molecule has 0 amide bonds. The largest absolute Gasteiger partial charge is 0.399 e. The molecule has 20 heavy (non-hydrogen) atoms. The van der Waals surface area contributed by atoms with Crippen LogP contribution in [0.2, 0.25) is 0 Å². The lowest BCUT2D eigenvalue weighted by Gasteiger charge is -2.21. The van der Waals surface area contributed by atoms with E-state index >= 15 is 0 Å². The van der Waals surface area contributed by atoms with Crippen LogP contribution < -0.4 is 17.2 Å². The van der Waals surface area contributed by atoms with Crippen LogP contribution in [0.4, 0.5) is 17.2 Å². The van der Waals surface area contributed by atoms with Crippen LogP contribution in [0.25, 0.3) is 0 Å². The van der Waals surface area contributed by atoms with E-state index < -0.39 is 0 Å². The van der Waals surface area contributed by atoms with Crippen molar-refractivity contribution in [2.45, 2.75) is 16.3 Å². The highest BCUT2D eigenvalue weighted by molar-refractivity contribution is 7.99. The number of fused-ring (bicyclic) bond motifs is 2. The van der Waals surface area contributed by atoms with E-state index in [0.29, 0.717) is 23.5 Å². The van der Waals surface area contributed by atoms with Gasteiger partial charge in [0.05, 0.1) is 11.3 Å². The fourth-order valence-electron chi connectivity index (χ4n) is 2.30. The molecule has 2 aromatic rings. The molecule has 1 aromatic heterocycles. The lowest BCUT2D eigenvalue weighted by Crippen LogP contribution is -2.11. The molecule has 102 valence electrons. The average molecular weight is 285 g/mol. The molecule has 1 aromatic carbocycles. The molecule has 1 aliphatic rings. The third-order valence-electron chi connectivity index (χ3n) is 3.29. The van der Waals surface area contributed by atoms with Crippen molar-refractivity contribution >= 4 is 35.2 Å². The average Bonchev–Trinajstić information content (AvgIpc) is 2.42. The van der Waals surface area contributed by atoms with Gasteiger partial charge in [0.15, 0.2) is 0 Å². The number of rotatable bonds is 1. The first-order valence-electron chi connectivity index (χ1n) is 6.16. The molecule has 6 heteroatoms. The minimum atomic E-state index is 0.415. The molecule has 0 aliphatic carbocycles. The predicted octanol–water partition coefficient (Wildman–Crippen LogP) is 1.93. The van der Waals surface area contributed by atoms with E-state index in [0.717, 1.165) is 21.2 Å². The van der Waals surface area contributed by atoms with Gasteiger partial charge in [0.1, 0.15) is 10.8 Å². The van der Waals surface area contributed by atoms with Crippen LogP contribution in [0.5, 0.6) is 0 Å². The van der Waals surface area contributed by atoms with Gasteiger partial charge in [-0.05, 0) is 23.8 Å². The molecule has 0 spiro atoms. The summed E-state index contributed by atoms with van der Waals surface area (Å²) in [5, 5.41) is 0.866. The Bertz CT molecular complexity index is 724. The van der Waals surface area contributed by atoms with Gasteiger partial charge in [-0.15, -0.1) is 0 Å². The molecule has 0 bridgehead atoms. The van der Waals surface area contributed by atoms with Crippen LogP contribution in [0.1, 0.15) is 16.7 Å². The lowest BCUT2D eigenvalue weighted by atomic mass is 10.0. The summed E-state index contributed by atoms with van der Waals surface area (Å²) in [6, 6.07) is 5.88. The second kappa shape index (κ2) is 4.72. The fourth-order valence-corrected chi connectivity index (χ4v) is 3.36. The maximum absolute atomic E-state index is 6.23. The van der Waals surface area contributed by atoms with Crippen molar-refractivity contribution < 1.29 is 0 Å². The predicted molar refractivity (Wildman–Crippen MR) is 84.4 cm³/mol. The van der Waals surface area contributed by atoms with Gasteiger partial charge >= 0.3 is 0 Å². The summed E-state index contributed by atoms with van der Waals surface area (Å²) in [4.78, 5) is 9.58. The summed E-state index contributed by atoms with van der Waals surface area (Å²) in [5.74, 6) is 0.415. The highest BCUT2D eigenvalue weighted by Crippen LogP contribution is 2.42. The Hall–Kier alpha value is -2.21. The highest BCUT2D eigenvalue weighted by atomic mass is 32.2. The first-order chi connectivity index (χ1) is 9.60. The Labute approximate surface area is 121 Å². The van der Waals surface area contributed by atoms with Crippen molar-refractivity contribution in [2.24, 2.45) is 4.99 Å². The molecule has 1 aliphatic heterocycles. The summed E-state index contributed by atoms with van der Waals surface area (Å²) in [6.45, 7) is 0. The van der Waals surface area contributed by atoms with Crippen LogP contribution in [0.15, 0.2) is 33.1 Å². The molecule has 0 fully saturated rings. The van der Waals surface area contributed by atoms with Crippen molar-refractivity contribution in [3.05, 3.63) is 34.9 Å². The zero-order valence-corrected chi connectivity index (χ0v) is 11.9. The number of aliphatic imine (C=N–C) groups is 1. The van der Waals surface area contributed by atoms with E-state index in [1.54, 1.807) is 25.0 Å². The van der Waals surface area contributed by atoms with Crippen LogP contribution in [0.3, 0.4) is 0 Å². The minimum Gasteiger partial charge on any atom is -0.399 e. The van der Waals surface area contributed by atoms with Gasteiger partial charge in [-0.3, -0.25) is 4.99 Å². The van der Waals surface area contributed by atoms with E-state index in [2.05, 4.69) is 9.98 Å². The standard InChI is InChI=1S/C14H15N5S/c1-18-6-10-12(16)9-5-7-4-8(15)2-3-11(7)20-14(9)19-13(10)17/h2-4,6H,5,15H2,1H3,(H4,16,17,19). The number of nitrogens with zero attached hydrogens (tertiary/aromatic N) is 2. The van der Waals surface area contributed by atoms with Crippen molar-refractivity contribution in [3.63, 3.8) is 0 Å². The van der Waals surface area contributed by atoms with Crippen molar-refractivity contribution in [1.29, 1.82) is 0 Å². The first-order valence-corrected chi connectivity index (χ1v) is 6.98. The quantitative estimate of drug-likeness (QED) is 0.468. The van der Waals surface area contributed by atoms with Crippen LogP contribution >= 0.6 is 11.8 Å². The molecular formula is C14H15N5S. The topological polar surface area (TPSA) is 103 Å². The number of benzene rings is 1. The maximum atomic E-state index is 6.23. The van der Waals surface area contributed by atoms with Crippen LogP contribution in [-0.2, 0) is 6.42 Å². The van der Waals surface area contributed by atoms with Gasteiger partial charge in [0.2, 0.25) is 0 Å². The van der Waals surface area contributed by atoms with Crippen LogP contribution in [0, 0.1) is 0 Å². The Balaban J connectivity index is 2.15. The van der Waals surface area contributed by atoms with Gasteiger partial charge in [-0.2, -0.15) is 0 Å². The first kappa shape index (κ1) is 12.8. The number of nitrogens with two attached hydrogens (primary N) is 3. The second-order valence-corrected chi connectivity index (χ2v) is 5.67. The van der Waals surface area contributed by atoms with E-state index in [9.17, 15) is 0 Å². The SMILES string of the molecule is CN=Cc1c(N)nc2c(c1N)Cc1cc(N)ccc1S2. The van der Waals surface area contributed by atoms with Gasteiger partial charge in [0, 0.05) is 35.8 Å². The molecule has 0 radical (unpaired) electrons. The summed E-state index contributed by atoms with van der Waals surface area (Å²) in [7, 11) is 1.68. The Morgan fingerprint density at radius 1 is 1.30 bits per heavy atom. The number of pyridine rings is 1. The summed E-state index contributed by atoms with van der Waals surface area (Å²) in [6.07, 6.45) is 2.36. The highest BCUT2D eigenvalue weighted by Gasteiger charge is 2.22. The van der Waals surface area contributed by atoms with Crippen LogP contribution in [-0.4, -0.2) is 18.2 Å². The molecule has 3 rings (SSSR count). The zero-order valence-electron chi connectivity index (χ0n) is 11.1. The molecule has 0 saturated carbocycles. The molecule has 6 N–H and O–H groups in total. The summed E-state index contributed by atoms with van der Waals surface area (Å²) in [5.41, 5.74) is 22.3. The summed E-state index contributed by atoms with van der Waals surface area (Å²) >= 11 is 1.58. The Morgan fingerprint density at radius 3 is 2.85 bits per heavy atom. The van der Waals surface area contributed by atoms with Gasteiger partial charge in [-0.25, -0.2) is 4.98 Å². The third kappa shape index (κ3) is 1.98. The number of hydrogen-bond acceptors (Lipinski definition) is 6. The number of nitrogen functional groups attached to an aromatic ring is 3. The van der Waals surface area contributed by atoms with E-state index in [1.165, 1.54) is 5.56 Å². The molecule has 0 unspecified atom stereocenters. The molecule has 5 nitrogen and oxygen atoms in total. The monoisotopic (exact) mass is 285 g/mol. The Morgan fingerprint density at radius 2 is 2.10 bits per heavy atom. The molecule has 2 heterocycles. The van der Waals surface area contributed by atoms with Crippen molar-refractivity contribution in [3.8, 4) is 0 Å². The van der Waals surface area contributed by atoms with Gasteiger partial charge in [0.25, 0.3) is 0 Å². The van der Waals surface area contributed by atoms with Gasteiger partial charge in [-0.1, -0.05) is 11.8 Å². The van der Waals surface area contributed by atoms with Crippen molar-refractivity contribution in [1.82, 2.24) is 4.98 Å². The van der Waals surface area contributed by atoms with E-state index in [4.69, 9.17) is 17.2 Å². The van der Waals surface area contributed by atoms with E-state index in [-0.39, 0.29) is 0 Å². The number of aromatic nitrogens is 1. The molecule has 0 atom stereocenters. The van der Waals surface area contributed by atoms with E-state index in [1.807, 2.05) is 18.2 Å². The molecular weight excluding hydrogens is 270 g/mol. The van der Waals surface area contributed by atoms with Gasteiger partial charge < -0.3 is 17.2 Å².